The molecule has 10 nitrogen and oxygen atoms in total. The van der Waals surface area contributed by atoms with E-state index >= 15 is 0 Å². The number of fused-ring (bicyclic) bond motifs is 1. The van der Waals surface area contributed by atoms with Gasteiger partial charge < -0.3 is 15.2 Å². The molecule has 25 heavy (non-hydrogen) atoms. The molecule has 0 unspecified atom stereocenters. The van der Waals surface area contributed by atoms with Gasteiger partial charge in [0.25, 0.3) is 0 Å². The second kappa shape index (κ2) is 6.28. The normalized spacial score (nSPS) is 10.6. The Bertz CT molecular complexity index is 1010. The second-order valence-corrected chi connectivity index (χ2v) is 5.67. The quantitative estimate of drug-likeness (QED) is 0.664. The van der Waals surface area contributed by atoms with Gasteiger partial charge in [0.2, 0.25) is 10.9 Å². The van der Waals surface area contributed by atoms with Gasteiger partial charge in [0, 0.05) is 12.4 Å². The van der Waals surface area contributed by atoms with Crippen LogP contribution in [-0.4, -0.2) is 51.6 Å². The number of hydrogen-bond acceptors (Lipinski definition) is 9. The van der Waals surface area contributed by atoms with Crippen molar-refractivity contribution in [2.24, 2.45) is 5.73 Å². The van der Waals surface area contributed by atoms with Crippen LogP contribution in [0.25, 0.3) is 16.3 Å². The molecule has 0 aliphatic rings. The molecule has 3 rings (SSSR count). The third-order valence-corrected chi connectivity index (χ3v) is 4.35. The molecule has 0 saturated heterocycles. The number of nitrogens with two attached hydrogens (primary N) is 1. The van der Waals surface area contributed by atoms with Gasteiger partial charge in [0.15, 0.2) is 11.5 Å². The number of carbonyl (C=O) groups excluding carboxylic acids is 3. The molecule has 0 bridgehead atoms. The highest BCUT2D eigenvalue weighted by Crippen LogP contribution is 2.30. The van der Waals surface area contributed by atoms with E-state index in [1.165, 1.54) is 37.1 Å². The van der Waals surface area contributed by atoms with Crippen LogP contribution in [0.15, 0.2) is 18.5 Å². The Labute approximate surface area is 144 Å². The summed E-state index contributed by atoms with van der Waals surface area (Å²) in [4.78, 5) is 40.1. The largest absolute Gasteiger partial charge is 0.465 e. The number of amides is 1. The van der Waals surface area contributed by atoms with Crippen molar-refractivity contribution in [2.75, 3.05) is 14.2 Å². The minimum Gasteiger partial charge on any atom is -0.465 e. The van der Waals surface area contributed by atoms with Crippen LogP contribution in [0.2, 0.25) is 0 Å². The van der Waals surface area contributed by atoms with E-state index in [2.05, 4.69) is 15.2 Å². The number of primary amides is 1. The lowest BCUT2D eigenvalue weighted by molar-refractivity contribution is 0.0553. The van der Waals surface area contributed by atoms with Crippen LogP contribution in [0.4, 0.5) is 0 Å². The average Bonchev–Trinajstić information content (AvgIpc) is 3.19. The molecule has 0 saturated carbocycles. The zero-order valence-corrected chi connectivity index (χ0v) is 13.9. The van der Waals surface area contributed by atoms with Crippen LogP contribution in [0.5, 0.6) is 0 Å². The van der Waals surface area contributed by atoms with Crippen molar-refractivity contribution >= 4 is 34.1 Å². The molecule has 11 heteroatoms. The standard InChI is InChI=1S/C14H11N5O5S/c1-23-12(21)8-9(13(22)24-2)25-14-18-17-11(19(8)14)7-5-16-4-3-6(7)10(15)20/h3-5H,1-2H3,(H2,15,20). The smallest absolute Gasteiger partial charge is 0.356 e. The van der Waals surface area contributed by atoms with Gasteiger partial charge >= 0.3 is 11.9 Å². The van der Waals surface area contributed by atoms with E-state index in [-0.39, 0.29) is 32.5 Å². The molecule has 0 aromatic carbocycles. The van der Waals surface area contributed by atoms with Crippen molar-refractivity contribution in [3.05, 3.63) is 34.6 Å². The second-order valence-electron chi connectivity index (χ2n) is 4.69. The van der Waals surface area contributed by atoms with E-state index < -0.39 is 17.8 Å². The molecule has 0 aliphatic carbocycles. The maximum Gasteiger partial charge on any atom is 0.356 e. The Balaban J connectivity index is 2.36. The summed E-state index contributed by atoms with van der Waals surface area (Å²) in [5.74, 6) is -2.07. The zero-order valence-electron chi connectivity index (χ0n) is 13.0. The summed E-state index contributed by atoms with van der Waals surface area (Å²) < 4.78 is 10.8. The molecule has 0 radical (unpaired) electrons. The summed E-state index contributed by atoms with van der Waals surface area (Å²) in [5.41, 5.74) is 5.68. The third kappa shape index (κ3) is 2.59. The lowest BCUT2D eigenvalue weighted by Crippen LogP contribution is -2.15. The molecule has 1 amide bonds. The molecule has 0 fully saturated rings. The van der Waals surface area contributed by atoms with Crippen molar-refractivity contribution in [3.8, 4) is 11.4 Å². The first-order chi connectivity index (χ1) is 12.0. The summed E-state index contributed by atoms with van der Waals surface area (Å²) >= 11 is 0.907. The highest BCUT2D eigenvalue weighted by atomic mass is 32.1. The van der Waals surface area contributed by atoms with Crippen molar-refractivity contribution in [1.82, 2.24) is 19.6 Å². The number of carbonyl (C=O) groups is 3. The summed E-state index contributed by atoms with van der Waals surface area (Å²) in [5, 5.41) is 7.93. The van der Waals surface area contributed by atoms with E-state index in [1.54, 1.807) is 0 Å². The van der Waals surface area contributed by atoms with Gasteiger partial charge in [0.1, 0.15) is 4.88 Å². The van der Waals surface area contributed by atoms with Gasteiger partial charge in [-0.2, -0.15) is 0 Å². The molecule has 3 aromatic heterocycles. The summed E-state index contributed by atoms with van der Waals surface area (Å²) in [6.45, 7) is 0. The predicted molar refractivity (Wildman–Crippen MR) is 85.3 cm³/mol. The minimum absolute atomic E-state index is 0.00464. The lowest BCUT2D eigenvalue weighted by atomic mass is 10.1. The van der Waals surface area contributed by atoms with Crippen LogP contribution in [0.1, 0.15) is 30.5 Å². The van der Waals surface area contributed by atoms with Gasteiger partial charge in [-0.1, -0.05) is 11.3 Å². The van der Waals surface area contributed by atoms with E-state index in [0.717, 1.165) is 11.3 Å². The fourth-order valence-electron chi connectivity index (χ4n) is 2.25. The number of hydrogen-bond donors (Lipinski definition) is 1. The fraction of sp³-hybridized carbons (Fsp3) is 0.143. The highest BCUT2D eigenvalue weighted by Gasteiger charge is 2.29. The van der Waals surface area contributed by atoms with Crippen LogP contribution in [0.3, 0.4) is 0 Å². The molecule has 128 valence electrons. The monoisotopic (exact) mass is 361 g/mol. The molecule has 3 heterocycles. The maximum absolute atomic E-state index is 12.2. The fourth-order valence-corrected chi connectivity index (χ4v) is 3.22. The van der Waals surface area contributed by atoms with Crippen LogP contribution < -0.4 is 5.73 Å². The van der Waals surface area contributed by atoms with Crippen molar-refractivity contribution in [3.63, 3.8) is 0 Å². The Morgan fingerprint density at radius 1 is 1.16 bits per heavy atom. The predicted octanol–water partition coefficient (Wildman–Crippen LogP) is 0.525. The third-order valence-electron chi connectivity index (χ3n) is 3.34. The van der Waals surface area contributed by atoms with Gasteiger partial charge in [-0.3, -0.25) is 14.2 Å². The number of nitrogens with zero attached hydrogens (tertiary/aromatic N) is 4. The van der Waals surface area contributed by atoms with Gasteiger partial charge in [0.05, 0.1) is 25.3 Å². The number of thiazole rings is 1. The Morgan fingerprint density at radius 2 is 1.88 bits per heavy atom. The first-order valence-corrected chi connectivity index (χ1v) is 7.60. The van der Waals surface area contributed by atoms with Crippen molar-refractivity contribution in [2.45, 2.75) is 0 Å². The topological polar surface area (TPSA) is 139 Å². The number of rotatable bonds is 4. The van der Waals surface area contributed by atoms with E-state index in [1.807, 2.05) is 0 Å². The van der Waals surface area contributed by atoms with E-state index in [4.69, 9.17) is 15.2 Å². The first-order valence-electron chi connectivity index (χ1n) is 6.78. The maximum atomic E-state index is 12.2. The first kappa shape index (κ1) is 16.5. The zero-order chi connectivity index (χ0) is 18.1. The number of aromatic nitrogens is 4. The molecular weight excluding hydrogens is 350 g/mol. The van der Waals surface area contributed by atoms with Crippen LogP contribution in [-0.2, 0) is 9.47 Å². The Kier molecular flexibility index (Phi) is 4.15. The Hall–Kier alpha value is -3.34. The molecule has 2 N–H and O–H groups in total. The average molecular weight is 361 g/mol. The molecule has 3 aromatic rings. The minimum atomic E-state index is -0.780. The lowest BCUT2D eigenvalue weighted by Gasteiger charge is -2.06. The summed E-state index contributed by atoms with van der Waals surface area (Å²) in [6, 6.07) is 1.42. The number of methoxy groups -OCH3 is 2. The number of ether oxygens (including phenoxy) is 2. The number of pyridine rings is 1. The van der Waals surface area contributed by atoms with Gasteiger partial charge in [-0.25, -0.2) is 9.59 Å². The van der Waals surface area contributed by atoms with Crippen LogP contribution >= 0.6 is 11.3 Å². The summed E-state index contributed by atoms with van der Waals surface area (Å²) in [6.07, 6.45) is 2.77. The van der Waals surface area contributed by atoms with Gasteiger partial charge in [-0.05, 0) is 6.07 Å². The van der Waals surface area contributed by atoms with E-state index in [9.17, 15) is 14.4 Å². The molecule has 0 aliphatic heterocycles. The molecule has 0 spiro atoms. The Morgan fingerprint density at radius 3 is 2.52 bits per heavy atom. The van der Waals surface area contributed by atoms with Crippen molar-refractivity contribution in [1.29, 1.82) is 0 Å². The van der Waals surface area contributed by atoms with Gasteiger partial charge in [-0.15, -0.1) is 10.2 Å². The van der Waals surface area contributed by atoms with E-state index in [0.29, 0.717) is 0 Å². The van der Waals surface area contributed by atoms with Crippen molar-refractivity contribution < 1.29 is 23.9 Å². The summed E-state index contributed by atoms with van der Waals surface area (Å²) in [7, 11) is 2.37. The van der Waals surface area contributed by atoms with Crippen LogP contribution in [0, 0.1) is 0 Å². The molecular formula is C14H11N5O5S. The SMILES string of the molecule is COC(=O)c1sc2nnc(-c3cnccc3C(N)=O)n2c1C(=O)OC. The highest BCUT2D eigenvalue weighted by molar-refractivity contribution is 7.19. The number of esters is 2. The molecule has 0 atom stereocenters.